The first-order valence-corrected chi connectivity index (χ1v) is 3.76. The predicted molar refractivity (Wildman–Crippen MR) is 42.6 cm³/mol. The molecule has 0 aliphatic carbocycles. The molecule has 2 N–H and O–H groups in total. The molecule has 5 heteroatoms. The normalized spacial score (nSPS) is 9.92. The molecule has 0 bridgehead atoms. The van der Waals surface area contributed by atoms with Crippen LogP contribution in [0.2, 0.25) is 0 Å². The standard InChI is InChI=1S/C7H4BrF2NO/c8-6-4(10)2-1-3(9)5(6)7(11)12/h1-2H,(H2,11,12). The zero-order valence-electron chi connectivity index (χ0n) is 5.77. The van der Waals surface area contributed by atoms with Gasteiger partial charge in [-0.25, -0.2) is 8.78 Å². The SMILES string of the molecule is NC(=O)c1c(F)ccc(F)c1Br. The number of benzene rings is 1. The Hall–Kier alpha value is -0.970. The van der Waals surface area contributed by atoms with Gasteiger partial charge in [0.05, 0.1) is 10.0 Å². The van der Waals surface area contributed by atoms with Crippen LogP contribution in [-0.4, -0.2) is 5.91 Å². The van der Waals surface area contributed by atoms with Gasteiger partial charge in [-0.2, -0.15) is 0 Å². The quantitative estimate of drug-likeness (QED) is 0.742. The highest BCUT2D eigenvalue weighted by Gasteiger charge is 2.15. The van der Waals surface area contributed by atoms with Crippen LogP contribution < -0.4 is 5.73 Å². The van der Waals surface area contributed by atoms with Crippen LogP contribution in [0.4, 0.5) is 8.78 Å². The van der Waals surface area contributed by atoms with Gasteiger partial charge < -0.3 is 5.73 Å². The van der Waals surface area contributed by atoms with E-state index in [0.717, 1.165) is 12.1 Å². The zero-order chi connectivity index (χ0) is 9.30. The molecule has 0 aliphatic rings. The van der Waals surface area contributed by atoms with E-state index in [-0.39, 0.29) is 4.47 Å². The second-order valence-electron chi connectivity index (χ2n) is 2.08. The van der Waals surface area contributed by atoms with E-state index in [9.17, 15) is 13.6 Å². The average molecular weight is 236 g/mol. The first-order valence-electron chi connectivity index (χ1n) is 2.97. The molecule has 2 nitrogen and oxygen atoms in total. The fourth-order valence-electron chi connectivity index (χ4n) is 0.753. The van der Waals surface area contributed by atoms with Crippen molar-refractivity contribution in [3.63, 3.8) is 0 Å². The van der Waals surface area contributed by atoms with E-state index < -0.39 is 23.1 Å². The van der Waals surface area contributed by atoms with E-state index >= 15 is 0 Å². The summed E-state index contributed by atoms with van der Waals surface area (Å²) in [5.74, 6) is -2.56. The summed E-state index contributed by atoms with van der Waals surface area (Å²) in [7, 11) is 0. The van der Waals surface area contributed by atoms with Gasteiger partial charge in [-0.3, -0.25) is 4.79 Å². The molecule has 0 aliphatic heterocycles. The maximum absolute atomic E-state index is 12.8. The molecule has 1 amide bonds. The number of hydrogen-bond acceptors (Lipinski definition) is 1. The van der Waals surface area contributed by atoms with Crippen molar-refractivity contribution in [2.45, 2.75) is 0 Å². The van der Waals surface area contributed by atoms with Crippen LogP contribution in [0.1, 0.15) is 10.4 Å². The molecule has 1 aromatic rings. The summed E-state index contributed by atoms with van der Waals surface area (Å²) in [6, 6.07) is 1.76. The molecule has 1 rings (SSSR count). The second kappa shape index (κ2) is 3.18. The summed E-state index contributed by atoms with van der Waals surface area (Å²) < 4.78 is 25.2. The molecule has 0 atom stereocenters. The minimum absolute atomic E-state index is 0.241. The molecule has 12 heavy (non-hydrogen) atoms. The van der Waals surface area contributed by atoms with Gasteiger partial charge in [-0.15, -0.1) is 0 Å². The fraction of sp³-hybridized carbons (Fsp3) is 0. The Bertz CT molecular complexity index is 340. The van der Waals surface area contributed by atoms with Gasteiger partial charge in [0.25, 0.3) is 5.91 Å². The highest BCUT2D eigenvalue weighted by molar-refractivity contribution is 9.10. The molecule has 0 saturated heterocycles. The van der Waals surface area contributed by atoms with Crippen molar-refractivity contribution >= 4 is 21.8 Å². The van der Waals surface area contributed by atoms with Gasteiger partial charge in [0.1, 0.15) is 11.6 Å². The van der Waals surface area contributed by atoms with Crippen molar-refractivity contribution in [1.82, 2.24) is 0 Å². The molecule has 0 radical (unpaired) electrons. The van der Waals surface area contributed by atoms with Gasteiger partial charge in [0, 0.05) is 0 Å². The summed E-state index contributed by atoms with van der Waals surface area (Å²) in [6.07, 6.45) is 0. The molecule has 0 spiro atoms. The third-order valence-corrected chi connectivity index (χ3v) is 2.07. The maximum Gasteiger partial charge on any atom is 0.252 e. The zero-order valence-corrected chi connectivity index (χ0v) is 7.36. The van der Waals surface area contributed by atoms with Crippen LogP contribution >= 0.6 is 15.9 Å². The lowest BCUT2D eigenvalue weighted by Gasteiger charge is -2.01. The summed E-state index contributed by atoms with van der Waals surface area (Å²) in [4.78, 5) is 10.6. The first kappa shape index (κ1) is 9.12. The van der Waals surface area contributed by atoms with E-state index in [1.807, 2.05) is 0 Å². The van der Waals surface area contributed by atoms with Crippen molar-refractivity contribution in [2.75, 3.05) is 0 Å². The molecule has 0 unspecified atom stereocenters. The summed E-state index contributed by atoms with van der Waals surface area (Å²) in [5, 5.41) is 0. The largest absolute Gasteiger partial charge is 0.365 e. The van der Waals surface area contributed by atoms with Crippen LogP contribution in [0.3, 0.4) is 0 Å². The van der Waals surface area contributed by atoms with E-state index in [1.54, 1.807) is 0 Å². The second-order valence-corrected chi connectivity index (χ2v) is 2.88. The highest BCUT2D eigenvalue weighted by atomic mass is 79.9. The maximum atomic E-state index is 12.8. The molecule has 64 valence electrons. The number of nitrogens with two attached hydrogens (primary N) is 1. The first-order chi connectivity index (χ1) is 5.54. The number of carbonyl (C=O) groups excluding carboxylic acids is 1. The Morgan fingerprint density at radius 3 is 2.25 bits per heavy atom. The third kappa shape index (κ3) is 1.45. The van der Waals surface area contributed by atoms with Crippen molar-refractivity contribution < 1.29 is 13.6 Å². The van der Waals surface area contributed by atoms with Crippen LogP contribution in [-0.2, 0) is 0 Å². The Kier molecular flexibility index (Phi) is 2.42. The smallest absolute Gasteiger partial charge is 0.252 e. The van der Waals surface area contributed by atoms with E-state index in [0.29, 0.717) is 0 Å². The Morgan fingerprint density at radius 1 is 1.33 bits per heavy atom. The van der Waals surface area contributed by atoms with E-state index in [2.05, 4.69) is 15.9 Å². The number of halogens is 3. The lowest BCUT2D eigenvalue weighted by Crippen LogP contribution is -2.14. The van der Waals surface area contributed by atoms with Crippen molar-refractivity contribution in [3.05, 3.63) is 33.8 Å². The third-order valence-electron chi connectivity index (χ3n) is 1.29. The molecule has 0 aromatic heterocycles. The summed E-state index contributed by atoms with van der Waals surface area (Å²) >= 11 is 2.72. The molecule has 1 aromatic carbocycles. The van der Waals surface area contributed by atoms with Crippen LogP contribution in [0, 0.1) is 11.6 Å². The fourth-order valence-corrected chi connectivity index (χ4v) is 1.27. The number of amides is 1. The molecular weight excluding hydrogens is 232 g/mol. The van der Waals surface area contributed by atoms with Gasteiger partial charge >= 0.3 is 0 Å². The highest BCUT2D eigenvalue weighted by Crippen LogP contribution is 2.22. The van der Waals surface area contributed by atoms with Crippen molar-refractivity contribution in [3.8, 4) is 0 Å². The van der Waals surface area contributed by atoms with Crippen LogP contribution in [0.15, 0.2) is 16.6 Å². The monoisotopic (exact) mass is 235 g/mol. The van der Waals surface area contributed by atoms with Gasteiger partial charge in [-0.05, 0) is 28.1 Å². The number of hydrogen-bond donors (Lipinski definition) is 1. The van der Waals surface area contributed by atoms with Crippen molar-refractivity contribution in [2.24, 2.45) is 5.73 Å². The van der Waals surface area contributed by atoms with Gasteiger partial charge in [-0.1, -0.05) is 0 Å². The summed E-state index contributed by atoms with van der Waals surface area (Å²) in [5.41, 5.74) is 4.35. The van der Waals surface area contributed by atoms with Crippen molar-refractivity contribution in [1.29, 1.82) is 0 Å². The Balaban J connectivity index is 3.43. The predicted octanol–water partition coefficient (Wildman–Crippen LogP) is 1.83. The van der Waals surface area contributed by atoms with Crippen LogP contribution in [0.25, 0.3) is 0 Å². The Morgan fingerprint density at radius 2 is 1.83 bits per heavy atom. The topological polar surface area (TPSA) is 43.1 Å². The van der Waals surface area contributed by atoms with Gasteiger partial charge in [0.2, 0.25) is 0 Å². The van der Waals surface area contributed by atoms with Gasteiger partial charge in [0.15, 0.2) is 0 Å². The number of rotatable bonds is 1. The molecule has 0 heterocycles. The molecule has 0 saturated carbocycles. The van der Waals surface area contributed by atoms with E-state index in [4.69, 9.17) is 5.73 Å². The lowest BCUT2D eigenvalue weighted by molar-refractivity contribution is 0.0995. The van der Waals surface area contributed by atoms with Crippen LogP contribution in [0.5, 0.6) is 0 Å². The Labute approximate surface area is 75.5 Å². The minimum atomic E-state index is -1.00. The summed E-state index contributed by atoms with van der Waals surface area (Å²) in [6.45, 7) is 0. The van der Waals surface area contributed by atoms with E-state index in [1.165, 1.54) is 0 Å². The average Bonchev–Trinajstić information content (AvgIpc) is 1.97. The molecular formula is C7H4BrF2NO. The number of primary amides is 1. The minimum Gasteiger partial charge on any atom is -0.365 e. The number of carbonyl (C=O) groups is 1. The lowest BCUT2D eigenvalue weighted by atomic mass is 10.2. The molecule has 0 fully saturated rings.